The maximum absolute atomic E-state index is 6.18. The van der Waals surface area contributed by atoms with Gasteiger partial charge in [-0.05, 0) is 18.5 Å². The number of ether oxygens (including phenoxy) is 3. The molecule has 1 atom stereocenters. The minimum absolute atomic E-state index is 0.121. The van der Waals surface area contributed by atoms with E-state index in [0.29, 0.717) is 51.5 Å². The van der Waals surface area contributed by atoms with E-state index in [-0.39, 0.29) is 23.4 Å². The van der Waals surface area contributed by atoms with E-state index in [1.807, 2.05) is 0 Å². The predicted octanol–water partition coefficient (Wildman–Crippen LogP) is 0.354. The van der Waals surface area contributed by atoms with Gasteiger partial charge in [0, 0.05) is 6.54 Å². The quantitative estimate of drug-likeness (QED) is 0.763. The Kier molecular flexibility index (Phi) is 4.23. The number of morpholine rings is 3. The van der Waals surface area contributed by atoms with Crippen molar-refractivity contribution in [2.45, 2.75) is 25.0 Å². The van der Waals surface area contributed by atoms with Crippen LogP contribution < -0.4 is 9.80 Å². The molecule has 4 rings (SSSR count). The normalized spacial score (nSPS) is 31.3. The monoisotopic (exact) mass is 341 g/mol. The fourth-order valence-electron chi connectivity index (χ4n) is 3.32. The van der Waals surface area contributed by atoms with E-state index in [0.717, 1.165) is 6.54 Å². The Balaban J connectivity index is 1.66. The van der Waals surface area contributed by atoms with Crippen LogP contribution in [0.3, 0.4) is 0 Å². The first-order chi connectivity index (χ1) is 11.2. The SMILES string of the molecule is C[C@@H]1COCCN1c1nc(Cl)nc(N2C3COCC2COC3)n1. The van der Waals surface area contributed by atoms with E-state index >= 15 is 0 Å². The first-order valence-electron chi connectivity index (χ1n) is 7.92. The van der Waals surface area contributed by atoms with Crippen molar-refractivity contribution in [3.8, 4) is 0 Å². The summed E-state index contributed by atoms with van der Waals surface area (Å²) < 4.78 is 16.7. The average molecular weight is 342 g/mol. The van der Waals surface area contributed by atoms with E-state index in [2.05, 4.69) is 26.7 Å². The summed E-state index contributed by atoms with van der Waals surface area (Å²) in [5.74, 6) is 1.22. The molecule has 0 N–H and O–H groups in total. The standard InChI is InChI=1S/C14H20ClN5O3/c1-9-4-21-3-2-19(9)13-16-12(15)17-14(18-13)20-10-5-22-7-11(20)8-23-6-10/h9-11H,2-8H2,1H3/t9-,10?,11?/m1/s1. The maximum atomic E-state index is 6.18. The van der Waals surface area contributed by atoms with Crippen molar-refractivity contribution >= 4 is 23.5 Å². The summed E-state index contributed by atoms with van der Waals surface area (Å²) in [6.45, 7) is 6.63. The highest BCUT2D eigenvalue weighted by Gasteiger charge is 2.38. The smallest absolute Gasteiger partial charge is 0.232 e. The number of rotatable bonds is 2. The minimum atomic E-state index is 0.121. The molecule has 4 heterocycles. The number of hydrogen-bond donors (Lipinski definition) is 0. The number of nitrogens with zero attached hydrogens (tertiary/aromatic N) is 5. The second-order valence-corrected chi connectivity index (χ2v) is 6.45. The second-order valence-electron chi connectivity index (χ2n) is 6.11. The lowest BCUT2D eigenvalue weighted by molar-refractivity contribution is -0.0355. The molecule has 0 aromatic carbocycles. The second kappa shape index (κ2) is 6.35. The van der Waals surface area contributed by atoms with Crippen LogP contribution in [0.25, 0.3) is 0 Å². The third-order valence-electron chi connectivity index (χ3n) is 4.47. The molecule has 3 saturated heterocycles. The number of hydrogen-bond acceptors (Lipinski definition) is 8. The predicted molar refractivity (Wildman–Crippen MR) is 84.2 cm³/mol. The van der Waals surface area contributed by atoms with Gasteiger partial charge in [0.1, 0.15) is 0 Å². The summed E-state index contributed by atoms with van der Waals surface area (Å²) in [4.78, 5) is 17.7. The summed E-state index contributed by atoms with van der Waals surface area (Å²) in [5, 5.41) is 0.217. The summed E-state index contributed by atoms with van der Waals surface area (Å²) in [7, 11) is 0. The van der Waals surface area contributed by atoms with E-state index < -0.39 is 0 Å². The molecule has 23 heavy (non-hydrogen) atoms. The minimum Gasteiger partial charge on any atom is -0.377 e. The molecule has 9 heteroatoms. The van der Waals surface area contributed by atoms with Crippen LogP contribution in [0.2, 0.25) is 5.28 Å². The highest BCUT2D eigenvalue weighted by molar-refractivity contribution is 6.28. The Morgan fingerprint density at radius 1 is 0.913 bits per heavy atom. The van der Waals surface area contributed by atoms with E-state index in [4.69, 9.17) is 30.8 Å². The van der Waals surface area contributed by atoms with Crippen LogP contribution in [0.5, 0.6) is 0 Å². The molecule has 3 aliphatic heterocycles. The molecule has 0 amide bonds. The lowest BCUT2D eigenvalue weighted by Crippen LogP contribution is -2.60. The molecule has 0 aliphatic carbocycles. The first-order valence-corrected chi connectivity index (χ1v) is 8.30. The van der Waals surface area contributed by atoms with Crippen LogP contribution in [0.1, 0.15) is 6.92 Å². The molecule has 1 aromatic heterocycles. The van der Waals surface area contributed by atoms with Crippen LogP contribution in [0, 0.1) is 0 Å². The molecule has 8 nitrogen and oxygen atoms in total. The molecule has 3 aliphatic rings. The molecule has 1 aromatic rings. The fraction of sp³-hybridized carbons (Fsp3) is 0.786. The van der Waals surface area contributed by atoms with Gasteiger partial charge in [-0.2, -0.15) is 15.0 Å². The highest BCUT2D eigenvalue weighted by Crippen LogP contribution is 2.27. The molecule has 0 saturated carbocycles. The van der Waals surface area contributed by atoms with Gasteiger partial charge in [-0.25, -0.2) is 0 Å². The van der Waals surface area contributed by atoms with Crippen molar-refractivity contribution in [2.24, 2.45) is 0 Å². The summed E-state index contributed by atoms with van der Waals surface area (Å²) >= 11 is 6.18. The third-order valence-corrected chi connectivity index (χ3v) is 4.64. The van der Waals surface area contributed by atoms with Crippen LogP contribution in [0.4, 0.5) is 11.9 Å². The van der Waals surface area contributed by atoms with E-state index in [9.17, 15) is 0 Å². The van der Waals surface area contributed by atoms with Gasteiger partial charge in [0.2, 0.25) is 17.2 Å². The highest BCUT2D eigenvalue weighted by atomic mass is 35.5. The molecule has 0 unspecified atom stereocenters. The van der Waals surface area contributed by atoms with Crippen molar-refractivity contribution in [2.75, 3.05) is 56.0 Å². The summed E-state index contributed by atoms with van der Waals surface area (Å²) in [6, 6.07) is 0.453. The van der Waals surface area contributed by atoms with E-state index in [1.165, 1.54) is 0 Å². The Bertz CT molecular complexity index is 555. The zero-order chi connectivity index (χ0) is 15.8. The van der Waals surface area contributed by atoms with Crippen LogP contribution >= 0.6 is 11.6 Å². The Labute approximate surface area is 139 Å². The number of halogens is 1. The molecule has 0 spiro atoms. The zero-order valence-electron chi connectivity index (χ0n) is 13.0. The van der Waals surface area contributed by atoms with Crippen molar-refractivity contribution in [1.82, 2.24) is 15.0 Å². The van der Waals surface area contributed by atoms with Crippen molar-refractivity contribution in [3.63, 3.8) is 0 Å². The van der Waals surface area contributed by atoms with Gasteiger partial charge in [-0.15, -0.1) is 0 Å². The molecule has 126 valence electrons. The van der Waals surface area contributed by atoms with Crippen molar-refractivity contribution < 1.29 is 14.2 Å². The Morgan fingerprint density at radius 3 is 2.22 bits per heavy atom. The third kappa shape index (κ3) is 2.96. The maximum Gasteiger partial charge on any atom is 0.232 e. The Hall–Kier alpha value is -1.22. The summed E-state index contributed by atoms with van der Waals surface area (Å²) in [5.41, 5.74) is 0. The number of anilines is 2. The van der Waals surface area contributed by atoms with E-state index in [1.54, 1.807) is 0 Å². The Morgan fingerprint density at radius 2 is 1.57 bits per heavy atom. The number of aromatic nitrogens is 3. The van der Waals surface area contributed by atoms with Gasteiger partial charge in [0.15, 0.2) is 0 Å². The first kappa shape index (κ1) is 15.3. The molecular formula is C14H20ClN5O3. The lowest BCUT2D eigenvalue weighted by atomic mass is 10.1. The van der Waals surface area contributed by atoms with Gasteiger partial charge in [0.25, 0.3) is 0 Å². The molecule has 0 radical (unpaired) electrons. The van der Waals surface area contributed by atoms with Gasteiger partial charge >= 0.3 is 0 Å². The van der Waals surface area contributed by atoms with Crippen LogP contribution in [0.15, 0.2) is 0 Å². The van der Waals surface area contributed by atoms with Crippen molar-refractivity contribution in [3.05, 3.63) is 5.28 Å². The van der Waals surface area contributed by atoms with Crippen LogP contribution in [-0.2, 0) is 14.2 Å². The molecule has 3 fully saturated rings. The van der Waals surface area contributed by atoms with Gasteiger partial charge < -0.3 is 24.0 Å². The molecule has 2 bridgehead atoms. The average Bonchev–Trinajstić information content (AvgIpc) is 2.54. The van der Waals surface area contributed by atoms with Crippen molar-refractivity contribution in [1.29, 1.82) is 0 Å². The largest absolute Gasteiger partial charge is 0.377 e. The van der Waals surface area contributed by atoms with Gasteiger partial charge in [-0.3, -0.25) is 0 Å². The molecular weight excluding hydrogens is 322 g/mol. The number of fused-ring (bicyclic) bond motifs is 2. The van der Waals surface area contributed by atoms with Gasteiger partial charge in [0.05, 0.1) is 57.8 Å². The van der Waals surface area contributed by atoms with Gasteiger partial charge in [-0.1, -0.05) is 0 Å². The fourth-order valence-corrected chi connectivity index (χ4v) is 3.47. The topological polar surface area (TPSA) is 72.8 Å². The lowest BCUT2D eigenvalue weighted by Gasteiger charge is -2.45. The van der Waals surface area contributed by atoms with Crippen LogP contribution in [-0.4, -0.2) is 79.3 Å². The summed E-state index contributed by atoms with van der Waals surface area (Å²) in [6.07, 6.45) is 0. The zero-order valence-corrected chi connectivity index (χ0v) is 13.8.